The highest BCUT2D eigenvalue weighted by atomic mass is 79.9. The van der Waals surface area contributed by atoms with E-state index in [1.54, 1.807) is 31.2 Å². The Morgan fingerprint density at radius 1 is 1.32 bits per heavy atom. The molecule has 0 spiro atoms. The van der Waals surface area contributed by atoms with Gasteiger partial charge in [0.15, 0.2) is 11.5 Å². The van der Waals surface area contributed by atoms with E-state index in [4.69, 9.17) is 14.2 Å². The molecule has 0 radical (unpaired) electrons. The quantitative estimate of drug-likeness (QED) is 0.575. The number of nitrogens with one attached hydrogen (secondary N) is 1. The van der Waals surface area contributed by atoms with Crippen LogP contribution < -0.4 is 14.8 Å². The zero-order valence-corrected chi connectivity index (χ0v) is 16.5. The molecular weight excluding hydrogens is 431 g/mol. The predicted molar refractivity (Wildman–Crippen MR) is 105 cm³/mol. The molecule has 0 saturated heterocycles. The van der Waals surface area contributed by atoms with E-state index in [2.05, 4.69) is 26.2 Å². The minimum atomic E-state index is -0.506. The Balaban J connectivity index is 1.78. The standard InChI is InChI=1S/C20H16BrFN2O4/c1-2-26-20(25)14-9-24-18-13(5-6-16-19(18)28-10-27-16)17(14)23-8-11-3-4-12(21)7-15(11)22/h3-7,9H,2,8,10H2,1H3,(H,23,24). The second-order valence-electron chi connectivity index (χ2n) is 6.05. The molecule has 1 aliphatic rings. The molecule has 0 fully saturated rings. The molecule has 0 aliphatic carbocycles. The van der Waals surface area contributed by atoms with Gasteiger partial charge in [-0.3, -0.25) is 4.98 Å². The summed E-state index contributed by atoms with van der Waals surface area (Å²) in [6, 6.07) is 8.38. The molecule has 0 bridgehead atoms. The number of carbonyl (C=O) groups is 1. The van der Waals surface area contributed by atoms with Crippen LogP contribution in [0.2, 0.25) is 0 Å². The molecule has 144 valence electrons. The summed E-state index contributed by atoms with van der Waals surface area (Å²) in [4.78, 5) is 16.8. The number of hydrogen-bond donors (Lipinski definition) is 1. The van der Waals surface area contributed by atoms with E-state index in [0.29, 0.717) is 38.1 Å². The van der Waals surface area contributed by atoms with Crippen molar-refractivity contribution in [2.24, 2.45) is 0 Å². The van der Waals surface area contributed by atoms with Crippen molar-refractivity contribution in [3.8, 4) is 11.5 Å². The van der Waals surface area contributed by atoms with Crippen molar-refractivity contribution in [2.45, 2.75) is 13.5 Å². The molecule has 2 heterocycles. The van der Waals surface area contributed by atoms with Crippen molar-refractivity contribution in [3.05, 3.63) is 57.9 Å². The van der Waals surface area contributed by atoms with E-state index in [1.165, 1.54) is 12.3 Å². The first-order chi connectivity index (χ1) is 13.6. The molecule has 1 aliphatic heterocycles. The molecule has 0 saturated carbocycles. The van der Waals surface area contributed by atoms with Gasteiger partial charge in [0.05, 0.1) is 12.3 Å². The maximum atomic E-state index is 14.2. The second kappa shape index (κ2) is 7.63. The van der Waals surface area contributed by atoms with Gasteiger partial charge in [-0.2, -0.15) is 0 Å². The number of esters is 1. The first kappa shape index (κ1) is 18.5. The summed E-state index contributed by atoms with van der Waals surface area (Å²) in [5.41, 5.74) is 1.79. The Morgan fingerprint density at radius 3 is 2.96 bits per heavy atom. The highest BCUT2D eigenvalue weighted by Gasteiger charge is 2.23. The number of ether oxygens (including phenoxy) is 3. The molecule has 1 N–H and O–H groups in total. The summed E-state index contributed by atoms with van der Waals surface area (Å²) in [7, 11) is 0. The Labute approximate surface area is 168 Å². The molecule has 2 aromatic carbocycles. The van der Waals surface area contributed by atoms with Crippen LogP contribution in [-0.2, 0) is 11.3 Å². The predicted octanol–water partition coefficient (Wildman–Crippen LogP) is 4.65. The first-order valence-electron chi connectivity index (χ1n) is 8.64. The second-order valence-corrected chi connectivity index (χ2v) is 6.97. The number of aromatic nitrogens is 1. The molecule has 6 nitrogen and oxygen atoms in total. The molecule has 1 aromatic heterocycles. The van der Waals surface area contributed by atoms with E-state index in [-0.39, 0.29) is 31.3 Å². The average molecular weight is 447 g/mol. The van der Waals surface area contributed by atoms with E-state index >= 15 is 0 Å². The van der Waals surface area contributed by atoms with Gasteiger partial charge in [0.1, 0.15) is 16.9 Å². The number of hydrogen-bond acceptors (Lipinski definition) is 6. The number of anilines is 1. The highest BCUT2D eigenvalue weighted by Crippen LogP contribution is 2.41. The van der Waals surface area contributed by atoms with Crippen molar-refractivity contribution in [1.82, 2.24) is 4.98 Å². The number of benzene rings is 2. The lowest BCUT2D eigenvalue weighted by molar-refractivity contribution is 0.0527. The van der Waals surface area contributed by atoms with Crippen LogP contribution in [0.25, 0.3) is 10.9 Å². The number of carbonyl (C=O) groups excluding carboxylic acids is 1. The third kappa shape index (κ3) is 3.35. The fourth-order valence-electron chi connectivity index (χ4n) is 3.03. The summed E-state index contributed by atoms with van der Waals surface area (Å²) >= 11 is 3.25. The summed E-state index contributed by atoms with van der Waals surface area (Å²) in [6.45, 7) is 2.26. The summed E-state index contributed by atoms with van der Waals surface area (Å²) in [6.07, 6.45) is 1.43. The molecule has 0 unspecified atom stereocenters. The van der Waals surface area contributed by atoms with E-state index < -0.39 is 5.97 Å². The van der Waals surface area contributed by atoms with Crippen LogP contribution in [0.3, 0.4) is 0 Å². The minimum Gasteiger partial charge on any atom is -0.462 e. The first-order valence-corrected chi connectivity index (χ1v) is 9.44. The van der Waals surface area contributed by atoms with Crippen molar-refractivity contribution in [3.63, 3.8) is 0 Å². The SMILES string of the molecule is CCOC(=O)c1cnc2c3c(ccc2c1NCc1ccc(Br)cc1F)OCO3. The lowest BCUT2D eigenvalue weighted by atomic mass is 10.1. The van der Waals surface area contributed by atoms with Crippen LogP contribution in [0.4, 0.5) is 10.1 Å². The van der Waals surface area contributed by atoms with Gasteiger partial charge in [0.25, 0.3) is 0 Å². The Kier molecular flexibility index (Phi) is 5.04. The Hall–Kier alpha value is -2.87. The molecule has 28 heavy (non-hydrogen) atoms. The number of nitrogens with zero attached hydrogens (tertiary/aromatic N) is 1. The molecule has 8 heteroatoms. The number of fused-ring (bicyclic) bond motifs is 3. The van der Waals surface area contributed by atoms with Gasteiger partial charge in [0.2, 0.25) is 6.79 Å². The zero-order valence-electron chi connectivity index (χ0n) is 14.9. The van der Waals surface area contributed by atoms with Gasteiger partial charge in [0, 0.05) is 28.2 Å². The topological polar surface area (TPSA) is 69.7 Å². The van der Waals surface area contributed by atoms with Crippen LogP contribution in [0, 0.1) is 5.82 Å². The maximum Gasteiger partial charge on any atom is 0.341 e. The average Bonchev–Trinajstić information content (AvgIpc) is 3.16. The van der Waals surface area contributed by atoms with Gasteiger partial charge in [-0.25, -0.2) is 9.18 Å². The van der Waals surface area contributed by atoms with E-state index in [0.717, 1.165) is 0 Å². The number of pyridine rings is 1. The zero-order chi connectivity index (χ0) is 19.7. The van der Waals surface area contributed by atoms with Crippen molar-refractivity contribution < 1.29 is 23.4 Å². The van der Waals surface area contributed by atoms with E-state index in [1.807, 2.05) is 0 Å². The molecule has 4 rings (SSSR count). The number of rotatable bonds is 5. The van der Waals surface area contributed by atoms with Crippen molar-refractivity contribution in [1.29, 1.82) is 0 Å². The van der Waals surface area contributed by atoms with Crippen molar-refractivity contribution >= 4 is 38.5 Å². The van der Waals surface area contributed by atoms with Gasteiger partial charge in [-0.15, -0.1) is 0 Å². The Morgan fingerprint density at radius 2 is 2.18 bits per heavy atom. The normalized spacial score (nSPS) is 12.2. The molecule has 0 atom stereocenters. The van der Waals surface area contributed by atoms with E-state index in [9.17, 15) is 9.18 Å². The molecular formula is C20H16BrFN2O4. The smallest absolute Gasteiger partial charge is 0.341 e. The highest BCUT2D eigenvalue weighted by molar-refractivity contribution is 9.10. The largest absolute Gasteiger partial charge is 0.462 e. The van der Waals surface area contributed by atoms with Crippen molar-refractivity contribution in [2.75, 3.05) is 18.7 Å². The lowest BCUT2D eigenvalue weighted by Gasteiger charge is -2.15. The van der Waals surface area contributed by atoms with Crippen LogP contribution in [0.1, 0.15) is 22.8 Å². The maximum absolute atomic E-state index is 14.2. The van der Waals surface area contributed by atoms with Gasteiger partial charge in [-0.05, 0) is 31.2 Å². The third-order valence-electron chi connectivity index (χ3n) is 4.34. The van der Waals surface area contributed by atoms with Crippen LogP contribution in [-0.4, -0.2) is 24.4 Å². The summed E-state index contributed by atoms with van der Waals surface area (Å²) in [5, 5.41) is 3.83. The Bertz CT molecular complexity index is 1070. The minimum absolute atomic E-state index is 0.114. The summed E-state index contributed by atoms with van der Waals surface area (Å²) in [5.74, 6) is 0.253. The van der Waals surface area contributed by atoms with Crippen LogP contribution >= 0.6 is 15.9 Å². The summed E-state index contributed by atoms with van der Waals surface area (Å²) < 4.78 is 30.9. The lowest BCUT2D eigenvalue weighted by Crippen LogP contribution is -2.12. The third-order valence-corrected chi connectivity index (χ3v) is 4.83. The fourth-order valence-corrected chi connectivity index (χ4v) is 3.36. The fraction of sp³-hybridized carbons (Fsp3) is 0.200. The molecule has 0 amide bonds. The van der Waals surface area contributed by atoms with Crippen LogP contribution in [0.15, 0.2) is 41.0 Å². The molecule has 3 aromatic rings. The monoisotopic (exact) mass is 446 g/mol. The number of halogens is 2. The van der Waals surface area contributed by atoms with Gasteiger partial charge < -0.3 is 19.5 Å². The van der Waals surface area contributed by atoms with Crippen LogP contribution in [0.5, 0.6) is 11.5 Å². The van der Waals surface area contributed by atoms with Gasteiger partial charge >= 0.3 is 5.97 Å². The van der Waals surface area contributed by atoms with Gasteiger partial charge in [-0.1, -0.05) is 22.0 Å².